The van der Waals surface area contributed by atoms with E-state index in [1.807, 2.05) is 20.8 Å². The Balaban J connectivity index is 0.00000200. The van der Waals surface area contributed by atoms with E-state index in [-0.39, 0.29) is 23.9 Å². The maximum absolute atomic E-state index is 12.0. The van der Waals surface area contributed by atoms with Gasteiger partial charge >= 0.3 is 0 Å². The van der Waals surface area contributed by atoms with Crippen LogP contribution in [-0.2, 0) is 11.2 Å². The van der Waals surface area contributed by atoms with Crippen molar-refractivity contribution in [1.29, 1.82) is 0 Å². The number of carbonyl (C=O) groups excluding carboxylic acids is 1. The van der Waals surface area contributed by atoms with Crippen molar-refractivity contribution < 1.29 is 21.8 Å². The fraction of sp³-hybridized carbons (Fsp3) is 0.500. The molecule has 1 aliphatic rings. The molecule has 1 N–H and O–H groups in total. The monoisotopic (exact) mass is 294 g/mol. The third-order valence-electron chi connectivity index (χ3n) is 3.38. The Morgan fingerprint density at radius 3 is 2.60 bits per heavy atom. The van der Waals surface area contributed by atoms with Crippen molar-refractivity contribution in [3.63, 3.8) is 0 Å². The highest BCUT2D eigenvalue weighted by Gasteiger charge is 2.25. The molecule has 0 saturated carbocycles. The summed E-state index contributed by atoms with van der Waals surface area (Å²) in [6.07, 6.45) is 1.01. The highest BCUT2D eigenvalue weighted by Crippen LogP contribution is 2.15. The lowest BCUT2D eigenvalue weighted by molar-refractivity contribution is -0.517. The summed E-state index contributed by atoms with van der Waals surface area (Å²) < 4.78 is 2.17. The van der Waals surface area contributed by atoms with Crippen molar-refractivity contribution in [2.75, 3.05) is 13.1 Å². The molecule has 0 bridgehead atoms. The molecule has 0 saturated heterocycles. The van der Waals surface area contributed by atoms with Gasteiger partial charge in [-0.25, -0.2) is 4.58 Å². The van der Waals surface area contributed by atoms with Crippen LogP contribution in [0.2, 0.25) is 0 Å². The molecule has 1 aromatic carbocycles. The van der Waals surface area contributed by atoms with Crippen molar-refractivity contribution in [3.8, 4) is 0 Å². The van der Waals surface area contributed by atoms with E-state index < -0.39 is 0 Å². The molecular formula is C16H23ClN2O. The summed E-state index contributed by atoms with van der Waals surface area (Å²) in [6, 6.07) is 8.44. The molecule has 2 rings (SSSR count). The van der Waals surface area contributed by atoms with E-state index in [9.17, 15) is 4.79 Å². The maximum Gasteiger partial charge on any atom is 0.285 e. The van der Waals surface area contributed by atoms with E-state index >= 15 is 0 Å². The summed E-state index contributed by atoms with van der Waals surface area (Å²) in [6.45, 7) is 9.48. The zero-order valence-electron chi connectivity index (χ0n) is 12.7. The van der Waals surface area contributed by atoms with E-state index in [0.29, 0.717) is 6.54 Å². The Kier molecular flexibility index (Phi) is 5.35. The van der Waals surface area contributed by atoms with Gasteiger partial charge in [-0.2, -0.15) is 0 Å². The van der Waals surface area contributed by atoms with Crippen LogP contribution in [0, 0.1) is 0 Å². The summed E-state index contributed by atoms with van der Waals surface area (Å²) in [4.78, 5) is 12.0. The lowest BCUT2D eigenvalue weighted by Crippen LogP contribution is -3.00. The molecule has 20 heavy (non-hydrogen) atoms. The zero-order valence-corrected chi connectivity index (χ0v) is 13.4. The number of nitrogens with one attached hydrogen (secondary N) is 1. The van der Waals surface area contributed by atoms with Crippen LogP contribution in [0.4, 0.5) is 0 Å². The molecule has 0 radical (unpaired) electrons. The Labute approximate surface area is 127 Å². The number of carbonyl (C=O) groups is 1. The fourth-order valence-electron chi connectivity index (χ4n) is 2.51. The van der Waals surface area contributed by atoms with E-state index in [4.69, 9.17) is 0 Å². The third-order valence-corrected chi connectivity index (χ3v) is 3.38. The lowest BCUT2D eigenvalue weighted by atomic mass is 9.97. The number of rotatable bonds is 2. The van der Waals surface area contributed by atoms with E-state index in [1.165, 1.54) is 16.8 Å². The van der Waals surface area contributed by atoms with Crippen LogP contribution in [-0.4, -0.2) is 34.8 Å². The normalized spacial score (nSPS) is 14.4. The molecule has 0 fully saturated rings. The van der Waals surface area contributed by atoms with E-state index in [2.05, 4.69) is 41.1 Å². The van der Waals surface area contributed by atoms with E-state index in [0.717, 1.165) is 13.0 Å². The molecule has 4 heteroatoms. The van der Waals surface area contributed by atoms with Gasteiger partial charge in [-0.3, -0.25) is 4.79 Å². The van der Waals surface area contributed by atoms with Crippen LogP contribution >= 0.6 is 0 Å². The van der Waals surface area contributed by atoms with Crippen LogP contribution in [0.3, 0.4) is 0 Å². The summed E-state index contributed by atoms with van der Waals surface area (Å²) >= 11 is 0. The second kappa shape index (κ2) is 6.40. The molecule has 110 valence electrons. The fourth-order valence-corrected chi connectivity index (χ4v) is 2.51. The SMILES string of the molecule is CC1=[N+](CC(=O)NC(C)(C)C)CCc2ccccc21.[Cl-]. The molecule has 1 aliphatic heterocycles. The first-order valence-corrected chi connectivity index (χ1v) is 6.84. The molecule has 0 spiro atoms. The molecule has 3 nitrogen and oxygen atoms in total. The van der Waals surface area contributed by atoms with E-state index in [1.54, 1.807) is 0 Å². The first-order valence-electron chi connectivity index (χ1n) is 6.84. The second-order valence-corrected chi connectivity index (χ2v) is 6.21. The highest BCUT2D eigenvalue weighted by molar-refractivity contribution is 5.97. The first-order chi connectivity index (χ1) is 8.87. The smallest absolute Gasteiger partial charge is 0.285 e. The number of hydrogen-bond acceptors (Lipinski definition) is 1. The van der Waals surface area contributed by atoms with Crippen LogP contribution in [0.1, 0.15) is 38.8 Å². The quantitative estimate of drug-likeness (QED) is 0.696. The highest BCUT2D eigenvalue weighted by atomic mass is 35.5. The molecule has 1 aromatic rings. The minimum Gasteiger partial charge on any atom is -1.00 e. The molecule has 0 aromatic heterocycles. The van der Waals surface area contributed by atoms with Crippen molar-refractivity contribution in [3.05, 3.63) is 35.4 Å². The number of benzene rings is 1. The summed E-state index contributed by atoms with van der Waals surface area (Å²) in [7, 11) is 0. The van der Waals surface area contributed by atoms with Crippen LogP contribution in [0.5, 0.6) is 0 Å². The van der Waals surface area contributed by atoms with Crippen LogP contribution in [0.25, 0.3) is 0 Å². The minimum absolute atomic E-state index is 0. The lowest BCUT2D eigenvalue weighted by Gasteiger charge is -2.21. The predicted octanol–water partition coefficient (Wildman–Crippen LogP) is -1.02. The summed E-state index contributed by atoms with van der Waals surface area (Å²) in [5, 5.41) is 3.02. The van der Waals surface area contributed by atoms with Gasteiger partial charge < -0.3 is 17.7 Å². The number of amides is 1. The predicted molar refractivity (Wildman–Crippen MR) is 77.8 cm³/mol. The third kappa shape index (κ3) is 4.07. The average molecular weight is 295 g/mol. The number of fused-ring (bicyclic) bond motifs is 1. The Hall–Kier alpha value is -1.35. The van der Waals surface area contributed by atoms with Gasteiger partial charge in [-0.05, 0) is 32.4 Å². The minimum atomic E-state index is -0.168. The van der Waals surface area contributed by atoms with Crippen molar-refractivity contribution in [2.45, 2.75) is 39.7 Å². The number of halogens is 1. The van der Waals surface area contributed by atoms with Crippen molar-refractivity contribution in [1.82, 2.24) is 5.32 Å². The Morgan fingerprint density at radius 2 is 1.95 bits per heavy atom. The first kappa shape index (κ1) is 16.7. The largest absolute Gasteiger partial charge is 1.00 e. The molecular weight excluding hydrogens is 272 g/mol. The molecule has 1 amide bonds. The van der Waals surface area contributed by atoms with Crippen molar-refractivity contribution in [2.24, 2.45) is 0 Å². The van der Waals surface area contributed by atoms with Crippen molar-refractivity contribution >= 4 is 11.6 Å². The van der Waals surface area contributed by atoms with Gasteiger partial charge in [0.05, 0.1) is 0 Å². The Bertz CT molecular complexity index is 530. The molecule has 0 atom stereocenters. The number of nitrogens with zero attached hydrogens (tertiary/aromatic N) is 1. The molecule has 0 aliphatic carbocycles. The average Bonchev–Trinajstić information content (AvgIpc) is 2.31. The van der Waals surface area contributed by atoms with Gasteiger partial charge in [-0.15, -0.1) is 0 Å². The van der Waals surface area contributed by atoms with Gasteiger partial charge in [0, 0.05) is 24.4 Å². The molecule has 1 heterocycles. The topological polar surface area (TPSA) is 32.1 Å². The standard InChI is InChI=1S/C16H22N2O.ClH/c1-12-14-8-6-5-7-13(14)9-10-18(12)11-15(19)17-16(2,3)4;/h5-8H,9-11H2,1-4H3;1H. The van der Waals surface area contributed by atoms with Gasteiger partial charge in [-0.1, -0.05) is 18.2 Å². The second-order valence-electron chi connectivity index (χ2n) is 6.21. The Morgan fingerprint density at radius 1 is 1.30 bits per heavy atom. The number of hydrogen-bond donors (Lipinski definition) is 1. The maximum atomic E-state index is 12.0. The van der Waals surface area contributed by atoms with Crippen LogP contribution < -0.4 is 17.7 Å². The van der Waals surface area contributed by atoms with Gasteiger partial charge in [0.2, 0.25) is 6.54 Å². The van der Waals surface area contributed by atoms with Crippen LogP contribution in [0.15, 0.2) is 24.3 Å². The summed E-state index contributed by atoms with van der Waals surface area (Å²) in [5.41, 5.74) is 3.69. The molecule has 0 unspecified atom stereocenters. The zero-order chi connectivity index (χ0) is 14.0. The van der Waals surface area contributed by atoms with Gasteiger partial charge in [0.1, 0.15) is 6.54 Å². The summed E-state index contributed by atoms with van der Waals surface area (Å²) in [5.74, 6) is 0.0891. The van der Waals surface area contributed by atoms with Gasteiger partial charge in [0.25, 0.3) is 5.91 Å². The van der Waals surface area contributed by atoms with Gasteiger partial charge in [0.15, 0.2) is 5.71 Å².